The predicted octanol–water partition coefficient (Wildman–Crippen LogP) is -1.85. The fourth-order valence-electron chi connectivity index (χ4n) is 0.752. The van der Waals surface area contributed by atoms with E-state index in [1.54, 1.807) is 4.72 Å². The Morgan fingerprint density at radius 3 is 2.47 bits per heavy atom. The summed E-state index contributed by atoms with van der Waals surface area (Å²) in [4.78, 5) is 10.6. The molecule has 0 spiro atoms. The highest BCUT2D eigenvalue weighted by molar-refractivity contribution is 7.88. The van der Waals surface area contributed by atoms with E-state index >= 15 is 0 Å². The highest BCUT2D eigenvalue weighted by Gasteiger charge is 2.19. The summed E-state index contributed by atoms with van der Waals surface area (Å²) in [5.74, 6) is 0. The topological polar surface area (TPSA) is 120 Å². The summed E-state index contributed by atoms with van der Waals surface area (Å²) in [7, 11) is -1.50. The average Bonchev–Trinajstić information content (AvgIpc) is 2.15. The van der Waals surface area contributed by atoms with Crippen LogP contribution in [-0.2, 0) is 19.7 Å². The fourth-order valence-corrected chi connectivity index (χ4v) is 1.72. The molecule has 0 saturated carbocycles. The van der Waals surface area contributed by atoms with Gasteiger partial charge in [-0.15, -0.1) is 0 Å². The van der Waals surface area contributed by atoms with Crippen LogP contribution in [0.1, 0.15) is 0 Å². The number of rotatable bonds is 6. The summed E-state index contributed by atoms with van der Waals surface area (Å²) in [6, 6.07) is -0.600. The van der Waals surface area contributed by atoms with Crippen LogP contribution in [0.15, 0.2) is 0 Å². The zero-order valence-corrected chi connectivity index (χ0v) is 9.33. The molecule has 0 aromatic carbocycles. The van der Waals surface area contributed by atoms with E-state index in [4.69, 9.17) is 10.5 Å². The van der Waals surface area contributed by atoms with Crippen molar-refractivity contribution < 1.29 is 22.7 Å². The van der Waals surface area contributed by atoms with Crippen LogP contribution in [-0.4, -0.2) is 47.9 Å². The number of methoxy groups -OCH3 is 2. The Balaban J connectivity index is 4.28. The van der Waals surface area contributed by atoms with Gasteiger partial charge in [0, 0.05) is 13.7 Å². The molecule has 0 bridgehead atoms. The molecule has 0 aliphatic carbocycles. The second-order valence-corrected chi connectivity index (χ2v) is 4.05. The van der Waals surface area contributed by atoms with Crippen molar-refractivity contribution in [2.45, 2.75) is 6.04 Å². The second-order valence-electron chi connectivity index (χ2n) is 2.60. The first kappa shape index (κ1) is 14.1. The van der Waals surface area contributed by atoms with Crippen molar-refractivity contribution in [2.75, 3.05) is 27.4 Å². The van der Waals surface area contributed by atoms with E-state index in [0.29, 0.717) is 0 Å². The third kappa shape index (κ3) is 6.23. The molecule has 0 aliphatic heterocycles. The molecule has 1 atom stereocenters. The molecule has 1 unspecified atom stereocenters. The first-order valence-electron chi connectivity index (χ1n) is 4.02. The van der Waals surface area contributed by atoms with Crippen molar-refractivity contribution >= 4 is 16.3 Å². The Kier molecular flexibility index (Phi) is 6.17. The van der Waals surface area contributed by atoms with Crippen LogP contribution in [0.5, 0.6) is 0 Å². The Labute approximate surface area is 88.3 Å². The maximum atomic E-state index is 11.2. The maximum Gasteiger partial charge on any atom is 0.421 e. The minimum absolute atomic E-state index is 0.0515. The monoisotopic (exact) mass is 241 g/mol. The Morgan fingerprint density at radius 2 is 2.07 bits per heavy atom. The van der Waals surface area contributed by atoms with Gasteiger partial charge in [-0.25, -0.2) is 9.52 Å². The third-order valence-electron chi connectivity index (χ3n) is 1.38. The van der Waals surface area contributed by atoms with Crippen molar-refractivity contribution in [3.63, 3.8) is 0 Å². The summed E-state index contributed by atoms with van der Waals surface area (Å²) in [5, 5.41) is 0. The van der Waals surface area contributed by atoms with Gasteiger partial charge >= 0.3 is 16.3 Å². The van der Waals surface area contributed by atoms with Gasteiger partial charge in [-0.05, 0) is 0 Å². The van der Waals surface area contributed by atoms with Crippen molar-refractivity contribution in [1.29, 1.82) is 0 Å². The summed E-state index contributed by atoms with van der Waals surface area (Å²) < 4.78 is 35.0. The van der Waals surface area contributed by atoms with Gasteiger partial charge in [0.25, 0.3) is 0 Å². The number of carbonyl (C=O) groups is 1. The maximum absolute atomic E-state index is 11.2. The van der Waals surface area contributed by atoms with E-state index in [-0.39, 0.29) is 13.2 Å². The molecule has 0 radical (unpaired) electrons. The first-order valence-corrected chi connectivity index (χ1v) is 5.50. The van der Waals surface area contributed by atoms with Crippen LogP contribution in [0, 0.1) is 0 Å². The molecule has 0 aliphatic rings. The molecule has 90 valence electrons. The number of ether oxygens (including phenoxy) is 2. The van der Waals surface area contributed by atoms with Crippen LogP contribution in [0.4, 0.5) is 4.79 Å². The normalized spacial score (nSPS) is 13.3. The van der Waals surface area contributed by atoms with E-state index in [9.17, 15) is 13.2 Å². The van der Waals surface area contributed by atoms with Gasteiger partial charge in [0.1, 0.15) is 0 Å². The minimum Gasteiger partial charge on any atom is -0.452 e. The number of carbonyl (C=O) groups excluding carboxylic acids is 1. The quantitative estimate of drug-likeness (QED) is 0.502. The molecule has 0 aromatic rings. The molecule has 1 amide bonds. The zero-order chi connectivity index (χ0) is 11.9. The number of hydrogen-bond acceptors (Lipinski definition) is 6. The fraction of sp³-hybridized carbons (Fsp3) is 0.833. The van der Waals surface area contributed by atoms with Gasteiger partial charge < -0.3 is 15.2 Å². The molecule has 0 heterocycles. The van der Waals surface area contributed by atoms with Crippen molar-refractivity contribution in [3.05, 3.63) is 0 Å². The SMILES string of the molecule is COCC(CN)NS(=O)(=O)NC(=O)OC. The van der Waals surface area contributed by atoms with Crippen molar-refractivity contribution in [3.8, 4) is 0 Å². The van der Waals surface area contributed by atoms with Gasteiger partial charge in [-0.2, -0.15) is 13.1 Å². The number of nitrogens with one attached hydrogen (secondary N) is 2. The van der Waals surface area contributed by atoms with Gasteiger partial charge in [0.05, 0.1) is 19.8 Å². The number of hydrogen-bond donors (Lipinski definition) is 3. The lowest BCUT2D eigenvalue weighted by Crippen LogP contribution is -2.49. The number of amides is 1. The van der Waals surface area contributed by atoms with Gasteiger partial charge in [-0.3, -0.25) is 0 Å². The van der Waals surface area contributed by atoms with Crippen LogP contribution in [0.3, 0.4) is 0 Å². The molecule has 0 fully saturated rings. The number of nitrogens with two attached hydrogens (primary N) is 1. The molecule has 0 rings (SSSR count). The average molecular weight is 241 g/mol. The highest BCUT2D eigenvalue weighted by atomic mass is 32.2. The van der Waals surface area contributed by atoms with Crippen LogP contribution in [0.2, 0.25) is 0 Å². The van der Waals surface area contributed by atoms with Crippen molar-refractivity contribution in [1.82, 2.24) is 9.44 Å². The van der Waals surface area contributed by atoms with Gasteiger partial charge in [0.15, 0.2) is 0 Å². The smallest absolute Gasteiger partial charge is 0.421 e. The highest BCUT2D eigenvalue weighted by Crippen LogP contribution is 1.87. The molecule has 4 N–H and O–H groups in total. The van der Waals surface area contributed by atoms with E-state index in [2.05, 4.69) is 9.46 Å². The standard InChI is InChI=1S/C6H15N3O5S/c1-13-4-5(3-7)8-15(11,12)9-6(10)14-2/h5,8H,3-4,7H2,1-2H3,(H,9,10). The van der Waals surface area contributed by atoms with Crippen LogP contribution >= 0.6 is 0 Å². The summed E-state index contributed by atoms with van der Waals surface area (Å²) >= 11 is 0. The molecular formula is C6H15N3O5S. The zero-order valence-electron chi connectivity index (χ0n) is 8.52. The largest absolute Gasteiger partial charge is 0.452 e. The Hall–Kier alpha value is -0.900. The molecular weight excluding hydrogens is 226 g/mol. The summed E-state index contributed by atoms with van der Waals surface area (Å²) in [5.41, 5.74) is 5.28. The lowest BCUT2D eigenvalue weighted by atomic mass is 10.3. The summed E-state index contributed by atoms with van der Waals surface area (Å²) in [6.07, 6.45) is -1.07. The van der Waals surface area contributed by atoms with E-state index < -0.39 is 22.3 Å². The molecule has 15 heavy (non-hydrogen) atoms. The van der Waals surface area contributed by atoms with E-state index in [1.165, 1.54) is 7.11 Å². The lowest BCUT2D eigenvalue weighted by molar-refractivity contribution is 0.173. The molecule has 0 saturated heterocycles. The first-order chi connectivity index (χ1) is 6.95. The summed E-state index contributed by atoms with van der Waals surface area (Å²) in [6.45, 7) is 0.161. The Morgan fingerprint density at radius 1 is 1.47 bits per heavy atom. The van der Waals surface area contributed by atoms with Crippen LogP contribution in [0.25, 0.3) is 0 Å². The third-order valence-corrected chi connectivity index (χ3v) is 2.46. The van der Waals surface area contributed by atoms with Gasteiger partial charge in [0.2, 0.25) is 0 Å². The molecule has 0 aromatic heterocycles. The van der Waals surface area contributed by atoms with Crippen molar-refractivity contribution in [2.24, 2.45) is 5.73 Å². The van der Waals surface area contributed by atoms with E-state index in [0.717, 1.165) is 7.11 Å². The van der Waals surface area contributed by atoms with E-state index in [1.807, 2.05) is 0 Å². The molecule has 9 heteroatoms. The predicted molar refractivity (Wildman–Crippen MR) is 52.3 cm³/mol. The Bertz CT molecular complexity index is 291. The van der Waals surface area contributed by atoms with Crippen LogP contribution < -0.4 is 15.2 Å². The van der Waals surface area contributed by atoms with Gasteiger partial charge in [-0.1, -0.05) is 0 Å². The minimum atomic E-state index is -3.96. The second kappa shape index (κ2) is 6.56. The lowest BCUT2D eigenvalue weighted by Gasteiger charge is -2.15. The molecule has 8 nitrogen and oxygen atoms in total.